The van der Waals surface area contributed by atoms with E-state index >= 15 is 0 Å². The van der Waals surface area contributed by atoms with Gasteiger partial charge in [0.2, 0.25) is 10.0 Å². The molecule has 3 rings (SSSR count). The molecule has 1 aromatic carbocycles. The molecule has 2 aromatic rings. The number of rotatable bonds is 3. The topological polar surface area (TPSA) is 69.3 Å². The summed E-state index contributed by atoms with van der Waals surface area (Å²) in [5.41, 5.74) is 4.82. The Morgan fingerprint density at radius 2 is 1.58 bits per heavy atom. The van der Waals surface area contributed by atoms with Crippen molar-refractivity contribution in [1.29, 1.82) is 0 Å². The second-order valence-electron chi connectivity index (χ2n) is 6.39. The number of aromatic amines is 1. The van der Waals surface area contributed by atoms with E-state index in [1.807, 2.05) is 0 Å². The van der Waals surface area contributed by atoms with Gasteiger partial charge < -0.3 is 4.90 Å². The second kappa shape index (κ2) is 6.22. The number of H-pyrrole nitrogens is 1. The number of nitrogens with one attached hydrogen (secondary N) is 1. The van der Waals surface area contributed by atoms with E-state index in [4.69, 9.17) is 0 Å². The second-order valence-corrected chi connectivity index (χ2v) is 8.27. The lowest BCUT2D eigenvalue weighted by atomic mass is 10.1. The molecular formula is C17H24N4O2S. The van der Waals surface area contributed by atoms with Gasteiger partial charge in [-0.05, 0) is 38.8 Å². The Morgan fingerprint density at radius 1 is 1.00 bits per heavy atom. The third-order valence-electron chi connectivity index (χ3n) is 4.65. The molecule has 0 unspecified atom stereocenters. The van der Waals surface area contributed by atoms with Gasteiger partial charge in [0.1, 0.15) is 4.90 Å². The molecule has 130 valence electrons. The molecule has 1 aliphatic rings. The van der Waals surface area contributed by atoms with Crippen LogP contribution in [0, 0.1) is 27.7 Å². The maximum absolute atomic E-state index is 12.9. The largest absolute Gasteiger partial charge is 0.368 e. The lowest BCUT2D eigenvalue weighted by Gasteiger charge is -2.36. The van der Waals surface area contributed by atoms with Gasteiger partial charge in [-0.15, -0.1) is 0 Å². The summed E-state index contributed by atoms with van der Waals surface area (Å²) in [5.74, 6) is 0. The van der Waals surface area contributed by atoms with Crippen LogP contribution < -0.4 is 4.90 Å². The Labute approximate surface area is 143 Å². The summed E-state index contributed by atoms with van der Waals surface area (Å²) in [6.45, 7) is 10.0. The van der Waals surface area contributed by atoms with Crippen molar-refractivity contribution < 1.29 is 8.42 Å². The van der Waals surface area contributed by atoms with Crippen molar-refractivity contribution in [3.63, 3.8) is 0 Å². The molecule has 0 spiro atoms. The molecule has 1 aromatic heterocycles. The van der Waals surface area contributed by atoms with Crippen LogP contribution in [0.25, 0.3) is 0 Å². The standard InChI is InChI=1S/C17H24N4O2S/c1-12-6-5-7-13(2)16(12)20-8-10-21(11-9-20)24(22,23)17-14(3)18-19-15(17)4/h5-7H,8-11H2,1-4H3,(H,18,19). The number of aryl methyl sites for hydroxylation is 4. The molecule has 24 heavy (non-hydrogen) atoms. The highest BCUT2D eigenvalue weighted by atomic mass is 32.2. The number of anilines is 1. The molecular weight excluding hydrogens is 324 g/mol. The van der Waals surface area contributed by atoms with Crippen LogP contribution in [-0.2, 0) is 10.0 Å². The van der Waals surface area contributed by atoms with Gasteiger partial charge in [-0.25, -0.2) is 8.42 Å². The number of nitrogens with zero attached hydrogens (tertiary/aromatic N) is 3. The quantitative estimate of drug-likeness (QED) is 0.923. The smallest absolute Gasteiger partial charge is 0.246 e. The Kier molecular flexibility index (Phi) is 4.40. The fourth-order valence-corrected chi connectivity index (χ4v) is 5.26. The van der Waals surface area contributed by atoms with E-state index in [-0.39, 0.29) is 0 Å². The maximum Gasteiger partial charge on any atom is 0.246 e. The lowest BCUT2D eigenvalue weighted by Crippen LogP contribution is -2.49. The van der Waals surface area contributed by atoms with E-state index < -0.39 is 10.0 Å². The summed E-state index contributed by atoms with van der Waals surface area (Å²) in [4.78, 5) is 2.61. The molecule has 0 saturated carbocycles. The first-order valence-electron chi connectivity index (χ1n) is 8.15. The first kappa shape index (κ1) is 17.0. The van der Waals surface area contributed by atoms with Crippen molar-refractivity contribution in [2.75, 3.05) is 31.1 Å². The zero-order chi connectivity index (χ0) is 17.5. The van der Waals surface area contributed by atoms with E-state index in [0.29, 0.717) is 42.5 Å². The Bertz CT molecular complexity index is 810. The van der Waals surface area contributed by atoms with Gasteiger partial charge in [-0.1, -0.05) is 18.2 Å². The van der Waals surface area contributed by atoms with Gasteiger partial charge >= 0.3 is 0 Å². The number of piperazine rings is 1. The number of sulfonamides is 1. The molecule has 7 heteroatoms. The fourth-order valence-electron chi connectivity index (χ4n) is 3.51. The van der Waals surface area contributed by atoms with Crippen LogP contribution in [0.3, 0.4) is 0 Å². The Morgan fingerprint density at radius 3 is 2.08 bits per heavy atom. The Balaban J connectivity index is 1.81. The van der Waals surface area contributed by atoms with Crippen molar-refractivity contribution in [1.82, 2.24) is 14.5 Å². The van der Waals surface area contributed by atoms with E-state index in [9.17, 15) is 8.42 Å². The van der Waals surface area contributed by atoms with E-state index in [1.54, 1.807) is 18.2 Å². The zero-order valence-corrected chi connectivity index (χ0v) is 15.4. The van der Waals surface area contributed by atoms with Crippen LogP contribution >= 0.6 is 0 Å². The first-order valence-corrected chi connectivity index (χ1v) is 9.59. The fraction of sp³-hybridized carbons (Fsp3) is 0.471. The van der Waals surface area contributed by atoms with Crippen molar-refractivity contribution in [3.8, 4) is 0 Å². The van der Waals surface area contributed by atoms with Crippen molar-refractivity contribution in [3.05, 3.63) is 40.7 Å². The molecule has 0 amide bonds. The Hall–Kier alpha value is -1.86. The molecule has 1 saturated heterocycles. The van der Waals surface area contributed by atoms with Gasteiger partial charge in [-0.2, -0.15) is 9.40 Å². The van der Waals surface area contributed by atoms with Crippen LogP contribution in [0.15, 0.2) is 23.1 Å². The van der Waals surface area contributed by atoms with E-state index in [0.717, 1.165) is 0 Å². The van der Waals surface area contributed by atoms with E-state index in [1.165, 1.54) is 16.8 Å². The van der Waals surface area contributed by atoms with Crippen LogP contribution in [0.2, 0.25) is 0 Å². The van der Waals surface area contributed by atoms with Crippen LogP contribution in [-0.4, -0.2) is 49.1 Å². The van der Waals surface area contributed by atoms with Gasteiger partial charge in [0.05, 0.1) is 11.4 Å². The minimum Gasteiger partial charge on any atom is -0.368 e. The summed E-state index contributed by atoms with van der Waals surface area (Å²) in [6.07, 6.45) is 0. The van der Waals surface area contributed by atoms with Gasteiger partial charge in [0.25, 0.3) is 0 Å². The minimum absolute atomic E-state index is 0.322. The molecule has 0 atom stereocenters. The first-order chi connectivity index (χ1) is 11.3. The molecule has 1 aliphatic heterocycles. The highest BCUT2D eigenvalue weighted by Crippen LogP contribution is 2.28. The van der Waals surface area contributed by atoms with E-state index in [2.05, 4.69) is 47.1 Å². The number of aromatic nitrogens is 2. The molecule has 1 N–H and O–H groups in total. The third-order valence-corrected chi connectivity index (χ3v) is 6.82. The van der Waals surface area contributed by atoms with Gasteiger partial charge in [0, 0.05) is 31.9 Å². The molecule has 6 nitrogen and oxygen atoms in total. The van der Waals surface area contributed by atoms with Crippen molar-refractivity contribution in [2.45, 2.75) is 32.6 Å². The number of para-hydroxylation sites is 1. The average molecular weight is 348 g/mol. The molecule has 0 aliphatic carbocycles. The summed E-state index contributed by atoms with van der Waals surface area (Å²) in [5, 5.41) is 6.79. The van der Waals surface area contributed by atoms with Gasteiger partial charge in [-0.3, -0.25) is 5.10 Å². The van der Waals surface area contributed by atoms with Crippen molar-refractivity contribution in [2.24, 2.45) is 0 Å². The molecule has 2 heterocycles. The summed E-state index contributed by atoms with van der Waals surface area (Å²) >= 11 is 0. The highest BCUT2D eigenvalue weighted by molar-refractivity contribution is 7.89. The van der Waals surface area contributed by atoms with Crippen molar-refractivity contribution >= 4 is 15.7 Å². The summed E-state index contributed by atoms with van der Waals surface area (Å²) in [7, 11) is -3.49. The predicted octanol–water partition coefficient (Wildman–Crippen LogP) is 2.15. The number of hydrogen-bond acceptors (Lipinski definition) is 4. The predicted molar refractivity (Wildman–Crippen MR) is 94.9 cm³/mol. The number of hydrogen-bond donors (Lipinski definition) is 1. The molecule has 1 fully saturated rings. The molecule has 0 bridgehead atoms. The summed E-state index contributed by atoms with van der Waals surface area (Å²) < 4.78 is 27.4. The lowest BCUT2D eigenvalue weighted by molar-refractivity contribution is 0.384. The summed E-state index contributed by atoms with van der Waals surface area (Å²) in [6, 6.07) is 6.26. The third kappa shape index (κ3) is 2.82. The maximum atomic E-state index is 12.9. The van der Waals surface area contributed by atoms with Crippen LogP contribution in [0.4, 0.5) is 5.69 Å². The van der Waals surface area contributed by atoms with Crippen LogP contribution in [0.5, 0.6) is 0 Å². The monoisotopic (exact) mass is 348 g/mol. The van der Waals surface area contributed by atoms with Gasteiger partial charge in [0.15, 0.2) is 0 Å². The SMILES string of the molecule is Cc1cccc(C)c1N1CCN(S(=O)(=O)c2c(C)n[nH]c2C)CC1. The highest BCUT2D eigenvalue weighted by Gasteiger charge is 2.32. The number of benzene rings is 1. The molecule has 0 radical (unpaired) electrons. The minimum atomic E-state index is -3.49. The zero-order valence-electron chi connectivity index (χ0n) is 14.6. The van der Waals surface area contributed by atoms with Crippen LogP contribution in [0.1, 0.15) is 22.5 Å². The normalized spacial score (nSPS) is 16.6. The average Bonchev–Trinajstić information content (AvgIpc) is 2.87.